The van der Waals surface area contributed by atoms with Gasteiger partial charge >= 0.3 is 0 Å². The zero-order valence-corrected chi connectivity index (χ0v) is 19.4. The Bertz CT molecular complexity index is 744. The van der Waals surface area contributed by atoms with Crippen molar-refractivity contribution in [1.29, 1.82) is 5.41 Å². The van der Waals surface area contributed by atoms with E-state index in [1.807, 2.05) is 0 Å². The van der Waals surface area contributed by atoms with Crippen molar-refractivity contribution in [1.82, 2.24) is 10.2 Å². The number of likely N-dealkylation sites (tertiary alicyclic amines) is 1. The van der Waals surface area contributed by atoms with E-state index in [9.17, 15) is 18.4 Å². The molecule has 2 amide bonds. The SMILES string of the molecule is N=C(N)C1CCC2CC(C(=O)NC3CCC(F)C(F)C3)N(CC3CCC(C(N)=O)CC3)C2C1. The van der Waals surface area contributed by atoms with E-state index in [0.29, 0.717) is 18.3 Å². The minimum Gasteiger partial charge on any atom is -0.387 e. The minimum absolute atomic E-state index is 0.0377. The van der Waals surface area contributed by atoms with Gasteiger partial charge in [0.1, 0.15) is 12.3 Å². The van der Waals surface area contributed by atoms with Gasteiger partial charge in [-0.05, 0) is 76.0 Å². The Morgan fingerprint density at radius 1 is 0.879 bits per heavy atom. The number of carbonyl (C=O) groups excluding carboxylic acids is 2. The lowest BCUT2D eigenvalue weighted by atomic mass is 9.77. The first-order valence-electron chi connectivity index (χ1n) is 12.7. The number of hydrogen-bond donors (Lipinski definition) is 4. The highest BCUT2D eigenvalue weighted by molar-refractivity contribution is 5.83. The third-order valence-electron chi connectivity index (χ3n) is 8.81. The molecule has 33 heavy (non-hydrogen) atoms. The van der Waals surface area contributed by atoms with Gasteiger partial charge in [0, 0.05) is 36.9 Å². The molecule has 3 aliphatic carbocycles. The summed E-state index contributed by atoms with van der Waals surface area (Å²) in [5.74, 6) is 0.691. The van der Waals surface area contributed by atoms with Crippen LogP contribution in [0.2, 0.25) is 0 Å². The molecule has 1 saturated heterocycles. The number of nitrogens with one attached hydrogen (secondary N) is 2. The van der Waals surface area contributed by atoms with E-state index in [1.165, 1.54) is 0 Å². The summed E-state index contributed by atoms with van der Waals surface area (Å²) in [6.45, 7) is 0.776. The summed E-state index contributed by atoms with van der Waals surface area (Å²) in [5.41, 5.74) is 11.3. The van der Waals surface area contributed by atoms with Crippen molar-refractivity contribution in [2.75, 3.05) is 6.54 Å². The molecule has 7 unspecified atom stereocenters. The molecule has 0 aromatic heterocycles. The van der Waals surface area contributed by atoms with Gasteiger partial charge in [-0.1, -0.05) is 0 Å². The second-order valence-corrected chi connectivity index (χ2v) is 10.9. The molecule has 186 valence electrons. The third kappa shape index (κ3) is 5.49. The fourth-order valence-corrected chi connectivity index (χ4v) is 6.78. The molecule has 1 heterocycles. The minimum atomic E-state index is -1.51. The van der Waals surface area contributed by atoms with E-state index < -0.39 is 12.3 Å². The highest BCUT2D eigenvalue weighted by atomic mass is 19.2. The summed E-state index contributed by atoms with van der Waals surface area (Å²) in [5, 5.41) is 11.0. The van der Waals surface area contributed by atoms with Crippen molar-refractivity contribution >= 4 is 17.6 Å². The number of rotatable bonds is 6. The zero-order valence-electron chi connectivity index (χ0n) is 19.4. The van der Waals surface area contributed by atoms with E-state index in [-0.39, 0.29) is 60.5 Å². The number of amidine groups is 1. The quantitative estimate of drug-likeness (QED) is 0.354. The van der Waals surface area contributed by atoms with Gasteiger partial charge in [-0.3, -0.25) is 19.9 Å². The summed E-state index contributed by atoms with van der Waals surface area (Å²) in [7, 11) is 0. The first kappa shape index (κ1) is 24.4. The summed E-state index contributed by atoms with van der Waals surface area (Å²) in [4.78, 5) is 27.2. The van der Waals surface area contributed by atoms with Crippen molar-refractivity contribution in [3.05, 3.63) is 0 Å². The largest absolute Gasteiger partial charge is 0.387 e. The Kier molecular flexibility index (Phi) is 7.56. The molecular formula is C24H39F2N5O2. The van der Waals surface area contributed by atoms with E-state index in [1.54, 1.807) is 0 Å². The molecule has 4 fully saturated rings. The van der Waals surface area contributed by atoms with Gasteiger partial charge < -0.3 is 16.8 Å². The number of alkyl halides is 2. The van der Waals surface area contributed by atoms with E-state index in [4.69, 9.17) is 16.9 Å². The standard InChI is InChI=1S/C24H39F2N5O2/c25-18-8-7-17(11-19(18)26)30-24(33)21-9-15-5-6-16(22(27)28)10-20(15)31(21)12-13-1-3-14(4-2-13)23(29)32/h13-21H,1-12H2,(H3,27,28)(H2,29,32)(H,30,33). The molecule has 7 atom stereocenters. The van der Waals surface area contributed by atoms with Crippen LogP contribution < -0.4 is 16.8 Å². The first-order chi connectivity index (χ1) is 15.7. The van der Waals surface area contributed by atoms with Crippen LogP contribution in [0.25, 0.3) is 0 Å². The fourth-order valence-electron chi connectivity index (χ4n) is 6.78. The number of nitrogens with two attached hydrogens (primary N) is 2. The number of hydrogen-bond acceptors (Lipinski definition) is 4. The molecule has 0 aromatic carbocycles. The molecule has 4 rings (SSSR count). The monoisotopic (exact) mass is 467 g/mol. The maximum absolute atomic E-state index is 13.9. The number of primary amides is 1. The van der Waals surface area contributed by atoms with Crippen LogP contribution in [0.4, 0.5) is 8.78 Å². The third-order valence-corrected chi connectivity index (χ3v) is 8.81. The first-order valence-corrected chi connectivity index (χ1v) is 12.7. The van der Waals surface area contributed by atoms with Gasteiger partial charge in [-0.2, -0.15) is 0 Å². The van der Waals surface area contributed by atoms with Crippen LogP contribution in [0, 0.1) is 29.1 Å². The molecule has 0 bridgehead atoms. The number of fused-ring (bicyclic) bond motifs is 1. The van der Waals surface area contributed by atoms with Gasteiger partial charge in [0.05, 0.1) is 11.9 Å². The molecule has 0 aromatic rings. The fraction of sp³-hybridized carbons (Fsp3) is 0.875. The van der Waals surface area contributed by atoms with Gasteiger partial charge in [0.15, 0.2) is 0 Å². The second-order valence-electron chi connectivity index (χ2n) is 10.9. The smallest absolute Gasteiger partial charge is 0.237 e. The lowest BCUT2D eigenvalue weighted by molar-refractivity contribution is -0.127. The predicted octanol–water partition coefficient (Wildman–Crippen LogP) is 2.42. The van der Waals surface area contributed by atoms with Crippen molar-refractivity contribution < 1.29 is 18.4 Å². The highest BCUT2D eigenvalue weighted by Crippen LogP contribution is 2.43. The highest BCUT2D eigenvalue weighted by Gasteiger charge is 2.48. The Morgan fingerprint density at radius 2 is 1.58 bits per heavy atom. The lowest BCUT2D eigenvalue weighted by Gasteiger charge is -2.40. The molecule has 3 saturated carbocycles. The van der Waals surface area contributed by atoms with Gasteiger partial charge in [0.25, 0.3) is 0 Å². The molecule has 9 heteroatoms. The molecular weight excluding hydrogens is 428 g/mol. The van der Waals surface area contributed by atoms with Gasteiger partial charge in [-0.15, -0.1) is 0 Å². The van der Waals surface area contributed by atoms with Crippen molar-refractivity contribution in [2.24, 2.45) is 35.1 Å². The number of halogens is 2. The average molecular weight is 468 g/mol. The van der Waals surface area contributed by atoms with Crippen molar-refractivity contribution in [2.45, 2.75) is 101 Å². The van der Waals surface area contributed by atoms with Gasteiger partial charge in [-0.25, -0.2) is 8.78 Å². The summed E-state index contributed by atoms with van der Waals surface area (Å²) < 4.78 is 27.4. The number of nitrogens with zero attached hydrogens (tertiary/aromatic N) is 1. The summed E-state index contributed by atoms with van der Waals surface area (Å²) in [6, 6.07) is -0.409. The van der Waals surface area contributed by atoms with Crippen molar-refractivity contribution in [3.63, 3.8) is 0 Å². The van der Waals surface area contributed by atoms with E-state index in [0.717, 1.165) is 57.9 Å². The second kappa shape index (κ2) is 10.2. The topological polar surface area (TPSA) is 125 Å². The molecule has 6 N–H and O–H groups in total. The molecule has 1 aliphatic heterocycles. The molecule has 4 aliphatic rings. The van der Waals surface area contributed by atoms with Crippen LogP contribution in [0.15, 0.2) is 0 Å². The zero-order chi connectivity index (χ0) is 23.7. The van der Waals surface area contributed by atoms with Crippen LogP contribution in [0.1, 0.15) is 70.6 Å². The molecule has 7 nitrogen and oxygen atoms in total. The van der Waals surface area contributed by atoms with Crippen LogP contribution in [-0.2, 0) is 9.59 Å². The summed E-state index contributed by atoms with van der Waals surface area (Å²) in [6.07, 6.45) is 4.50. The Hall–Kier alpha value is -1.77. The van der Waals surface area contributed by atoms with Crippen LogP contribution in [-0.4, -0.2) is 59.6 Å². The Morgan fingerprint density at radius 3 is 2.21 bits per heavy atom. The van der Waals surface area contributed by atoms with Gasteiger partial charge in [0.2, 0.25) is 11.8 Å². The normalized spacial score (nSPS) is 41.8. The van der Waals surface area contributed by atoms with Crippen LogP contribution in [0.5, 0.6) is 0 Å². The summed E-state index contributed by atoms with van der Waals surface area (Å²) >= 11 is 0. The van der Waals surface area contributed by atoms with Crippen LogP contribution in [0.3, 0.4) is 0 Å². The maximum atomic E-state index is 13.9. The Labute approximate surface area is 194 Å². The maximum Gasteiger partial charge on any atom is 0.237 e. The van der Waals surface area contributed by atoms with E-state index >= 15 is 0 Å². The molecule has 0 radical (unpaired) electrons. The van der Waals surface area contributed by atoms with Crippen molar-refractivity contribution in [3.8, 4) is 0 Å². The van der Waals surface area contributed by atoms with E-state index in [2.05, 4.69) is 10.2 Å². The van der Waals surface area contributed by atoms with Crippen LogP contribution >= 0.6 is 0 Å². The lowest BCUT2D eigenvalue weighted by Crippen LogP contribution is -2.52. The number of amides is 2. The average Bonchev–Trinajstić information content (AvgIpc) is 3.14. The molecule has 0 spiro atoms. The predicted molar refractivity (Wildman–Crippen MR) is 122 cm³/mol. The Balaban J connectivity index is 1.44. The number of carbonyl (C=O) groups is 2.